The van der Waals surface area contributed by atoms with Crippen LogP contribution in [0.3, 0.4) is 0 Å². The first-order chi connectivity index (χ1) is 10.5. The standard InChI is InChI=1S/C17H22INO3/c1-11-4-3-5-15(12(11)2)19-16(20)10-22-17(21)13-6-8-14(18)9-7-13/h6-9,11-12,15H,3-5,10H2,1-2H3,(H,19,20)/t11-,12+,15+/m0/s1. The van der Waals surface area contributed by atoms with Gasteiger partial charge in [-0.25, -0.2) is 4.79 Å². The molecule has 1 aromatic rings. The molecule has 22 heavy (non-hydrogen) atoms. The zero-order valence-electron chi connectivity index (χ0n) is 13.0. The highest BCUT2D eigenvalue weighted by atomic mass is 127. The van der Waals surface area contributed by atoms with Gasteiger partial charge < -0.3 is 10.1 Å². The number of hydrogen-bond donors (Lipinski definition) is 1. The molecule has 1 aliphatic rings. The van der Waals surface area contributed by atoms with E-state index in [2.05, 4.69) is 41.8 Å². The summed E-state index contributed by atoms with van der Waals surface area (Å²) in [4.78, 5) is 23.8. The number of carbonyl (C=O) groups excluding carboxylic acids is 2. The van der Waals surface area contributed by atoms with Crippen LogP contribution in [0.1, 0.15) is 43.5 Å². The first-order valence-corrected chi connectivity index (χ1v) is 8.77. The number of rotatable bonds is 4. The average molecular weight is 415 g/mol. The minimum Gasteiger partial charge on any atom is -0.452 e. The lowest BCUT2D eigenvalue weighted by Gasteiger charge is -2.34. The Morgan fingerprint density at radius 1 is 1.23 bits per heavy atom. The van der Waals surface area contributed by atoms with Gasteiger partial charge >= 0.3 is 5.97 Å². The summed E-state index contributed by atoms with van der Waals surface area (Å²) in [6, 6.07) is 7.26. The summed E-state index contributed by atoms with van der Waals surface area (Å²) in [6.07, 6.45) is 3.36. The molecule has 120 valence electrons. The summed E-state index contributed by atoms with van der Waals surface area (Å²) in [7, 11) is 0. The van der Waals surface area contributed by atoms with Crippen molar-refractivity contribution in [2.75, 3.05) is 6.61 Å². The summed E-state index contributed by atoms with van der Waals surface area (Å²) < 4.78 is 6.13. The number of carbonyl (C=O) groups is 2. The number of benzene rings is 1. The van der Waals surface area contributed by atoms with Crippen molar-refractivity contribution >= 4 is 34.5 Å². The summed E-state index contributed by atoms with van der Waals surface area (Å²) in [5, 5.41) is 3.00. The Hall–Kier alpha value is -1.11. The summed E-state index contributed by atoms with van der Waals surface area (Å²) in [5.74, 6) is 0.402. The molecule has 5 heteroatoms. The van der Waals surface area contributed by atoms with Crippen LogP contribution in [0.15, 0.2) is 24.3 Å². The van der Waals surface area contributed by atoms with Crippen LogP contribution in [-0.2, 0) is 9.53 Å². The molecule has 1 aliphatic carbocycles. The van der Waals surface area contributed by atoms with E-state index in [0.717, 1.165) is 16.4 Å². The second-order valence-corrected chi connectivity index (χ2v) is 7.27. The minimum absolute atomic E-state index is 0.188. The van der Waals surface area contributed by atoms with E-state index in [-0.39, 0.29) is 18.6 Å². The van der Waals surface area contributed by atoms with Crippen molar-refractivity contribution < 1.29 is 14.3 Å². The van der Waals surface area contributed by atoms with E-state index in [1.807, 2.05) is 12.1 Å². The van der Waals surface area contributed by atoms with E-state index in [0.29, 0.717) is 17.4 Å². The van der Waals surface area contributed by atoms with Crippen LogP contribution in [0, 0.1) is 15.4 Å². The zero-order chi connectivity index (χ0) is 16.1. The summed E-state index contributed by atoms with van der Waals surface area (Å²) in [6.45, 7) is 4.18. The molecular weight excluding hydrogens is 393 g/mol. The van der Waals surface area contributed by atoms with Gasteiger partial charge in [0.25, 0.3) is 5.91 Å². The SMILES string of the molecule is C[C@@H]1[C@@H](C)CCC[C@H]1NC(=O)COC(=O)c1ccc(I)cc1. The smallest absolute Gasteiger partial charge is 0.338 e. The van der Waals surface area contributed by atoms with Gasteiger partial charge in [-0.15, -0.1) is 0 Å². The van der Waals surface area contributed by atoms with Crippen molar-refractivity contribution in [1.82, 2.24) is 5.32 Å². The van der Waals surface area contributed by atoms with Crippen LogP contribution < -0.4 is 5.32 Å². The average Bonchev–Trinajstić information content (AvgIpc) is 2.50. The van der Waals surface area contributed by atoms with Crippen molar-refractivity contribution in [1.29, 1.82) is 0 Å². The zero-order valence-corrected chi connectivity index (χ0v) is 15.1. The number of amides is 1. The van der Waals surface area contributed by atoms with E-state index in [1.54, 1.807) is 12.1 Å². The molecule has 0 aromatic heterocycles. The van der Waals surface area contributed by atoms with Gasteiger partial charge in [0.15, 0.2) is 6.61 Å². The minimum atomic E-state index is -0.461. The molecule has 1 N–H and O–H groups in total. The Morgan fingerprint density at radius 2 is 1.91 bits per heavy atom. The van der Waals surface area contributed by atoms with Crippen molar-refractivity contribution in [3.63, 3.8) is 0 Å². The molecular formula is C17H22INO3. The number of hydrogen-bond acceptors (Lipinski definition) is 3. The van der Waals surface area contributed by atoms with E-state index < -0.39 is 5.97 Å². The molecule has 3 atom stereocenters. The predicted octanol–water partition coefficient (Wildman–Crippen LogP) is 3.39. The molecule has 0 spiro atoms. The maximum absolute atomic E-state index is 12.0. The third-order valence-corrected chi connectivity index (χ3v) is 5.19. The summed E-state index contributed by atoms with van der Waals surface area (Å²) in [5.41, 5.74) is 0.466. The van der Waals surface area contributed by atoms with Crippen LogP contribution in [0.25, 0.3) is 0 Å². The van der Waals surface area contributed by atoms with E-state index in [9.17, 15) is 9.59 Å². The molecule has 1 saturated carbocycles. The monoisotopic (exact) mass is 415 g/mol. The van der Waals surface area contributed by atoms with Gasteiger partial charge in [-0.1, -0.05) is 26.7 Å². The highest BCUT2D eigenvalue weighted by Crippen LogP contribution is 2.29. The molecule has 0 aliphatic heterocycles. The molecule has 4 nitrogen and oxygen atoms in total. The van der Waals surface area contributed by atoms with E-state index in [1.165, 1.54) is 6.42 Å². The molecule has 1 aromatic carbocycles. The van der Waals surface area contributed by atoms with Crippen LogP contribution >= 0.6 is 22.6 Å². The Balaban J connectivity index is 1.80. The molecule has 2 rings (SSSR count). The van der Waals surface area contributed by atoms with Gasteiger partial charge in [0.2, 0.25) is 0 Å². The first-order valence-electron chi connectivity index (χ1n) is 7.69. The molecule has 0 unspecified atom stereocenters. The van der Waals surface area contributed by atoms with Crippen molar-refractivity contribution in [2.45, 2.75) is 39.2 Å². The van der Waals surface area contributed by atoms with Crippen molar-refractivity contribution in [3.8, 4) is 0 Å². The van der Waals surface area contributed by atoms with Gasteiger partial charge in [-0.3, -0.25) is 4.79 Å². The first kappa shape index (κ1) is 17.2. The Morgan fingerprint density at radius 3 is 2.59 bits per heavy atom. The van der Waals surface area contributed by atoms with Crippen molar-refractivity contribution in [2.24, 2.45) is 11.8 Å². The third-order valence-electron chi connectivity index (χ3n) is 4.47. The topological polar surface area (TPSA) is 55.4 Å². The fourth-order valence-electron chi connectivity index (χ4n) is 2.83. The highest BCUT2D eigenvalue weighted by molar-refractivity contribution is 14.1. The second kappa shape index (κ2) is 7.94. The Labute approximate surface area is 145 Å². The number of esters is 1. The van der Waals surface area contributed by atoms with Crippen LogP contribution in [0.5, 0.6) is 0 Å². The van der Waals surface area contributed by atoms with Gasteiger partial charge in [-0.2, -0.15) is 0 Å². The van der Waals surface area contributed by atoms with Crippen LogP contribution in [-0.4, -0.2) is 24.5 Å². The van der Waals surface area contributed by atoms with E-state index >= 15 is 0 Å². The maximum atomic E-state index is 12.0. The lowest BCUT2D eigenvalue weighted by molar-refractivity contribution is -0.125. The summed E-state index contributed by atoms with van der Waals surface area (Å²) >= 11 is 2.17. The second-order valence-electron chi connectivity index (χ2n) is 6.02. The molecule has 0 bridgehead atoms. The fraction of sp³-hybridized carbons (Fsp3) is 0.529. The largest absolute Gasteiger partial charge is 0.452 e. The van der Waals surface area contributed by atoms with Crippen LogP contribution in [0.2, 0.25) is 0 Å². The fourth-order valence-corrected chi connectivity index (χ4v) is 3.19. The predicted molar refractivity (Wildman–Crippen MR) is 93.6 cm³/mol. The molecule has 0 saturated heterocycles. The maximum Gasteiger partial charge on any atom is 0.338 e. The lowest BCUT2D eigenvalue weighted by Crippen LogP contribution is -2.45. The number of nitrogens with one attached hydrogen (secondary N) is 1. The normalized spacial score (nSPS) is 24.6. The molecule has 0 radical (unpaired) electrons. The quantitative estimate of drug-likeness (QED) is 0.606. The third kappa shape index (κ3) is 4.69. The van der Waals surface area contributed by atoms with Gasteiger partial charge in [0.05, 0.1) is 5.56 Å². The Bertz CT molecular complexity index is 529. The Kier molecular flexibility index (Phi) is 6.23. The van der Waals surface area contributed by atoms with Crippen LogP contribution in [0.4, 0.5) is 0 Å². The van der Waals surface area contributed by atoms with Gasteiger partial charge in [0.1, 0.15) is 0 Å². The van der Waals surface area contributed by atoms with E-state index in [4.69, 9.17) is 4.74 Å². The molecule has 1 fully saturated rings. The van der Waals surface area contributed by atoms with Gasteiger partial charge in [0, 0.05) is 9.61 Å². The van der Waals surface area contributed by atoms with Crippen molar-refractivity contribution in [3.05, 3.63) is 33.4 Å². The highest BCUT2D eigenvalue weighted by Gasteiger charge is 2.28. The number of halogens is 1. The number of ether oxygens (including phenoxy) is 1. The van der Waals surface area contributed by atoms with Gasteiger partial charge in [-0.05, 0) is 65.1 Å². The molecule has 1 amide bonds. The molecule has 0 heterocycles. The lowest BCUT2D eigenvalue weighted by atomic mass is 9.78.